The molecule has 0 aromatic carbocycles. The lowest BCUT2D eigenvalue weighted by molar-refractivity contribution is -0.144. The van der Waals surface area contributed by atoms with Crippen molar-refractivity contribution < 1.29 is 14.7 Å². The lowest BCUT2D eigenvalue weighted by Crippen LogP contribution is -2.42. The third kappa shape index (κ3) is 2.20. The predicted molar refractivity (Wildman–Crippen MR) is 59.5 cm³/mol. The molecule has 0 bridgehead atoms. The fourth-order valence-electron chi connectivity index (χ4n) is 3.15. The fourth-order valence-corrected chi connectivity index (χ4v) is 3.15. The molecule has 0 aromatic rings. The molecule has 90 valence electrons. The lowest BCUT2D eigenvalue weighted by atomic mass is 9.69. The van der Waals surface area contributed by atoms with Crippen molar-refractivity contribution in [3.05, 3.63) is 0 Å². The molecule has 0 aromatic heterocycles. The van der Waals surface area contributed by atoms with E-state index in [1.807, 2.05) is 0 Å². The molecule has 0 heterocycles. The molecule has 1 N–H and O–H groups in total. The van der Waals surface area contributed by atoms with Gasteiger partial charge in [-0.1, -0.05) is 18.0 Å². The smallest absolute Gasteiger partial charge is 0.303 e. The van der Waals surface area contributed by atoms with Gasteiger partial charge in [-0.2, -0.15) is 0 Å². The minimum atomic E-state index is -0.291. The van der Waals surface area contributed by atoms with Crippen LogP contribution in [0.25, 0.3) is 0 Å². The van der Waals surface area contributed by atoms with Gasteiger partial charge in [0, 0.05) is 12.8 Å². The molecule has 16 heavy (non-hydrogen) atoms. The number of hydrogen-bond donors (Lipinski definition) is 1. The topological polar surface area (TPSA) is 58.9 Å². The van der Waals surface area contributed by atoms with Crippen LogP contribution in [-0.4, -0.2) is 23.0 Å². The van der Waals surface area contributed by atoms with Crippen molar-refractivity contribution in [2.45, 2.75) is 51.6 Å². The highest BCUT2D eigenvalue weighted by Gasteiger charge is 2.39. The first-order valence-electron chi connectivity index (χ1n) is 6.11. The number of ether oxygens (including phenoxy) is 1. The van der Waals surface area contributed by atoms with E-state index in [-0.39, 0.29) is 12.1 Å². The lowest BCUT2D eigenvalue weighted by Gasteiger charge is -2.39. The summed E-state index contributed by atoms with van der Waals surface area (Å²) in [5.74, 6) is 0.670. The average Bonchev–Trinajstić information content (AvgIpc) is 2.28. The summed E-state index contributed by atoms with van der Waals surface area (Å²) in [5, 5.41) is 12.5. The van der Waals surface area contributed by atoms with Crippen molar-refractivity contribution in [1.82, 2.24) is 0 Å². The van der Waals surface area contributed by atoms with E-state index in [9.17, 15) is 4.79 Å². The van der Waals surface area contributed by atoms with E-state index < -0.39 is 0 Å². The van der Waals surface area contributed by atoms with Crippen LogP contribution in [0.2, 0.25) is 0 Å². The summed E-state index contributed by atoms with van der Waals surface area (Å²) in [6, 6.07) is 0. The van der Waals surface area contributed by atoms with Crippen molar-refractivity contribution in [2.75, 3.05) is 0 Å². The Morgan fingerprint density at radius 1 is 1.31 bits per heavy atom. The van der Waals surface area contributed by atoms with Gasteiger partial charge >= 0.3 is 5.97 Å². The average molecular weight is 225 g/mol. The molecule has 0 spiro atoms. The summed E-state index contributed by atoms with van der Waals surface area (Å²) in [7, 11) is 0. The van der Waals surface area contributed by atoms with Gasteiger partial charge in [0.1, 0.15) is 11.8 Å². The van der Waals surface area contributed by atoms with E-state index in [0.29, 0.717) is 17.5 Å². The number of oxime groups is 1. The molecule has 4 nitrogen and oxygen atoms in total. The van der Waals surface area contributed by atoms with Gasteiger partial charge in [0.2, 0.25) is 0 Å². The Balaban J connectivity index is 2.10. The van der Waals surface area contributed by atoms with Gasteiger partial charge in [0.15, 0.2) is 0 Å². The molecular weight excluding hydrogens is 206 g/mol. The number of hydrogen-bond acceptors (Lipinski definition) is 4. The molecule has 2 rings (SSSR count). The molecule has 3 atom stereocenters. The van der Waals surface area contributed by atoms with Crippen LogP contribution in [0.1, 0.15) is 45.4 Å². The molecule has 2 aliphatic rings. The Bertz CT molecular complexity index is 301. The largest absolute Gasteiger partial charge is 0.456 e. The summed E-state index contributed by atoms with van der Waals surface area (Å²) < 4.78 is 5.21. The zero-order valence-electron chi connectivity index (χ0n) is 9.69. The zero-order chi connectivity index (χ0) is 11.5. The minimum Gasteiger partial charge on any atom is -0.456 e. The van der Waals surface area contributed by atoms with Gasteiger partial charge in [0.05, 0.1) is 0 Å². The van der Waals surface area contributed by atoms with E-state index in [1.165, 1.54) is 26.2 Å². The van der Waals surface area contributed by atoms with Gasteiger partial charge in [-0.3, -0.25) is 4.79 Å². The van der Waals surface area contributed by atoms with Crippen molar-refractivity contribution in [3.63, 3.8) is 0 Å². The summed E-state index contributed by atoms with van der Waals surface area (Å²) in [6.07, 6.45) is 6.35. The molecule has 0 radical (unpaired) electrons. The number of fused-ring (bicyclic) bond motifs is 1. The van der Waals surface area contributed by atoms with E-state index in [1.54, 1.807) is 0 Å². The highest BCUT2D eigenvalue weighted by atomic mass is 16.5. The maximum atomic E-state index is 11.0. The fraction of sp³-hybridized carbons (Fsp3) is 0.833. The van der Waals surface area contributed by atoms with Crippen LogP contribution in [0.3, 0.4) is 0 Å². The van der Waals surface area contributed by atoms with Gasteiger partial charge in [-0.25, -0.2) is 0 Å². The quantitative estimate of drug-likeness (QED) is 0.423. The van der Waals surface area contributed by atoms with Crippen LogP contribution < -0.4 is 0 Å². The van der Waals surface area contributed by atoms with Crippen LogP contribution in [0, 0.1) is 11.8 Å². The van der Waals surface area contributed by atoms with Crippen LogP contribution in [0.15, 0.2) is 5.16 Å². The molecular formula is C12H19NO3. The summed E-state index contributed by atoms with van der Waals surface area (Å²) in [6.45, 7) is 1.40. The van der Waals surface area contributed by atoms with Crippen molar-refractivity contribution in [3.8, 4) is 0 Å². The first-order valence-corrected chi connectivity index (χ1v) is 6.11. The van der Waals surface area contributed by atoms with Crippen molar-refractivity contribution in [1.29, 1.82) is 0 Å². The number of nitrogens with zero attached hydrogens (tertiary/aromatic N) is 1. The third-order valence-corrected chi connectivity index (χ3v) is 3.84. The molecule has 4 heteroatoms. The first-order chi connectivity index (χ1) is 7.72. The van der Waals surface area contributed by atoms with Crippen molar-refractivity contribution in [2.24, 2.45) is 17.0 Å². The predicted octanol–water partition coefficient (Wildman–Crippen LogP) is 2.35. The van der Waals surface area contributed by atoms with E-state index in [4.69, 9.17) is 9.94 Å². The van der Waals surface area contributed by atoms with E-state index in [0.717, 1.165) is 19.3 Å². The third-order valence-electron chi connectivity index (χ3n) is 3.84. The normalized spacial score (nSPS) is 36.8. The number of carbonyl (C=O) groups is 1. The monoisotopic (exact) mass is 225 g/mol. The Morgan fingerprint density at radius 3 is 2.75 bits per heavy atom. The summed E-state index contributed by atoms with van der Waals surface area (Å²) >= 11 is 0. The Labute approximate surface area is 95.7 Å². The second-order valence-corrected chi connectivity index (χ2v) is 4.85. The standard InChI is InChI=1S/C12H19NO3/c1-8(14)16-11-7-6-9-4-2-3-5-10(9)12(11)13-15/h9-11,15H,2-7H2,1H3/b13-12-. The van der Waals surface area contributed by atoms with Gasteiger partial charge < -0.3 is 9.94 Å². The molecule has 0 amide bonds. The number of carbonyl (C=O) groups excluding carboxylic acids is 1. The highest BCUT2D eigenvalue weighted by molar-refractivity contribution is 5.92. The Kier molecular flexibility index (Phi) is 3.46. The minimum absolute atomic E-state index is 0.290. The second-order valence-electron chi connectivity index (χ2n) is 4.85. The molecule has 2 saturated carbocycles. The van der Waals surface area contributed by atoms with E-state index in [2.05, 4.69) is 5.16 Å². The summed E-state index contributed by atoms with van der Waals surface area (Å²) in [5.41, 5.74) is 0.700. The SMILES string of the molecule is CC(=O)OC1CCC2CCCCC2/C1=N/O. The maximum Gasteiger partial charge on any atom is 0.303 e. The second kappa shape index (κ2) is 4.85. The van der Waals surface area contributed by atoms with Gasteiger partial charge in [0.25, 0.3) is 0 Å². The molecule has 2 aliphatic carbocycles. The van der Waals surface area contributed by atoms with Crippen molar-refractivity contribution >= 4 is 11.7 Å². The molecule has 2 fully saturated rings. The van der Waals surface area contributed by atoms with Crippen LogP contribution in [0.5, 0.6) is 0 Å². The molecule has 0 saturated heterocycles. The number of esters is 1. The number of rotatable bonds is 1. The van der Waals surface area contributed by atoms with Gasteiger partial charge in [-0.15, -0.1) is 0 Å². The zero-order valence-corrected chi connectivity index (χ0v) is 9.69. The Morgan fingerprint density at radius 2 is 2.06 bits per heavy atom. The van der Waals surface area contributed by atoms with Gasteiger partial charge in [-0.05, 0) is 31.6 Å². The molecule has 0 aliphatic heterocycles. The Hall–Kier alpha value is -1.06. The highest BCUT2D eigenvalue weighted by Crippen LogP contribution is 2.39. The van der Waals surface area contributed by atoms with Crippen LogP contribution in [-0.2, 0) is 9.53 Å². The van der Waals surface area contributed by atoms with Crippen LogP contribution >= 0.6 is 0 Å². The van der Waals surface area contributed by atoms with Crippen LogP contribution in [0.4, 0.5) is 0 Å². The molecule has 3 unspecified atom stereocenters. The first kappa shape index (κ1) is 11.4. The summed E-state index contributed by atoms with van der Waals surface area (Å²) in [4.78, 5) is 11.0. The van der Waals surface area contributed by atoms with E-state index >= 15 is 0 Å². The maximum absolute atomic E-state index is 11.0.